The quantitative estimate of drug-likeness (QED) is 0.401. The van der Waals surface area contributed by atoms with E-state index in [4.69, 9.17) is 11.6 Å². The number of benzene rings is 2. The lowest BCUT2D eigenvalue weighted by molar-refractivity contribution is -0.116. The van der Waals surface area contributed by atoms with Crippen LogP contribution in [0.25, 0.3) is 10.2 Å². The summed E-state index contributed by atoms with van der Waals surface area (Å²) < 4.78 is 13.7. The van der Waals surface area contributed by atoms with Crippen LogP contribution >= 0.6 is 22.9 Å². The first-order valence-corrected chi connectivity index (χ1v) is 10.2. The summed E-state index contributed by atoms with van der Waals surface area (Å²) in [6, 6.07) is 14.9. The van der Waals surface area contributed by atoms with Gasteiger partial charge in [-0.2, -0.15) is 5.10 Å². The molecule has 0 radical (unpaired) electrons. The van der Waals surface area contributed by atoms with Crippen molar-refractivity contribution in [2.75, 3.05) is 10.6 Å². The van der Waals surface area contributed by atoms with Crippen LogP contribution in [0.3, 0.4) is 0 Å². The Kier molecular flexibility index (Phi) is 5.78. The summed E-state index contributed by atoms with van der Waals surface area (Å²) in [5.41, 5.74) is 0.935. The maximum absolute atomic E-state index is 13.7. The summed E-state index contributed by atoms with van der Waals surface area (Å²) >= 11 is 7.28. The second-order valence-corrected chi connectivity index (χ2v) is 8.13. The van der Waals surface area contributed by atoms with Gasteiger partial charge in [-0.1, -0.05) is 35.9 Å². The van der Waals surface area contributed by atoms with Gasteiger partial charge < -0.3 is 10.6 Å². The molecule has 0 saturated carbocycles. The van der Waals surface area contributed by atoms with E-state index >= 15 is 0 Å². The minimum atomic E-state index is -0.425. The number of nitrogens with zero attached hydrogens (tertiary/aromatic N) is 1. The molecule has 30 heavy (non-hydrogen) atoms. The first kappa shape index (κ1) is 20.1. The Balaban J connectivity index is 1.42. The minimum Gasteiger partial charge on any atom is -0.326 e. The van der Waals surface area contributed by atoms with Crippen molar-refractivity contribution in [2.24, 2.45) is 0 Å². The van der Waals surface area contributed by atoms with Gasteiger partial charge in [-0.25, -0.2) is 4.39 Å². The summed E-state index contributed by atoms with van der Waals surface area (Å²) in [5, 5.41) is 13.7. The predicted octanol–water partition coefficient (Wildman–Crippen LogP) is 4.78. The largest absolute Gasteiger partial charge is 0.326 e. The van der Waals surface area contributed by atoms with Gasteiger partial charge in [0.15, 0.2) is 0 Å². The molecular formula is C21H16ClFN4O2S. The smallest absolute Gasteiger partial charge is 0.230 e. The molecule has 0 atom stereocenters. The Bertz CT molecular complexity index is 1240. The van der Waals surface area contributed by atoms with Crippen molar-refractivity contribution in [3.63, 3.8) is 0 Å². The molecule has 9 heteroatoms. The molecule has 0 saturated heterocycles. The van der Waals surface area contributed by atoms with Crippen LogP contribution in [-0.2, 0) is 22.4 Å². The van der Waals surface area contributed by atoms with Crippen molar-refractivity contribution >= 4 is 56.5 Å². The van der Waals surface area contributed by atoms with Gasteiger partial charge >= 0.3 is 0 Å². The fourth-order valence-corrected chi connectivity index (χ4v) is 4.15. The van der Waals surface area contributed by atoms with Crippen molar-refractivity contribution < 1.29 is 14.0 Å². The van der Waals surface area contributed by atoms with E-state index in [9.17, 15) is 14.0 Å². The number of hydrogen-bond acceptors (Lipinski definition) is 4. The fourth-order valence-electron chi connectivity index (χ4n) is 2.97. The van der Waals surface area contributed by atoms with Gasteiger partial charge in [0.1, 0.15) is 16.5 Å². The van der Waals surface area contributed by atoms with Crippen LogP contribution in [0.2, 0.25) is 5.02 Å². The second-order valence-electron chi connectivity index (χ2n) is 6.58. The second kappa shape index (κ2) is 8.64. The van der Waals surface area contributed by atoms with E-state index in [0.717, 1.165) is 4.88 Å². The van der Waals surface area contributed by atoms with E-state index < -0.39 is 5.82 Å². The maximum atomic E-state index is 13.7. The third kappa shape index (κ3) is 4.67. The van der Waals surface area contributed by atoms with Crippen molar-refractivity contribution in [1.29, 1.82) is 0 Å². The Morgan fingerprint density at radius 1 is 1.03 bits per heavy atom. The number of thiophene rings is 1. The number of H-pyrrole nitrogens is 1. The monoisotopic (exact) mass is 442 g/mol. The molecule has 0 aliphatic rings. The van der Waals surface area contributed by atoms with Gasteiger partial charge in [-0.05, 0) is 35.9 Å². The Labute approximate surface area is 180 Å². The Hall–Kier alpha value is -3.23. The lowest BCUT2D eigenvalue weighted by Crippen LogP contribution is -2.15. The van der Waals surface area contributed by atoms with Crippen LogP contribution in [0.15, 0.2) is 54.6 Å². The van der Waals surface area contributed by atoms with Gasteiger partial charge in [-0.3, -0.25) is 14.7 Å². The molecule has 152 valence electrons. The van der Waals surface area contributed by atoms with E-state index in [1.807, 2.05) is 0 Å². The van der Waals surface area contributed by atoms with Crippen molar-refractivity contribution in [2.45, 2.75) is 12.8 Å². The molecule has 2 heterocycles. The van der Waals surface area contributed by atoms with Crippen LogP contribution in [0.1, 0.15) is 10.4 Å². The third-order valence-corrected chi connectivity index (χ3v) is 5.58. The molecule has 6 nitrogen and oxygen atoms in total. The zero-order valence-electron chi connectivity index (χ0n) is 15.5. The Morgan fingerprint density at radius 3 is 2.63 bits per heavy atom. The van der Waals surface area contributed by atoms with E-state index in [-0.39, 0.29) is 24.7 Å². The molecule has 4 aromatic rings. The molecular weight excluding hydrogens is 427 g/mol. The number of amides is 2. The average molecular weight is 443 g/mol. The standard InChI is InChI=1S/C21H16ClFN4O2S/c22-13-5-3-6-14(9-13)24-19(29)11-15-10-16-20(26-27-21(16)30-15)25-18(28)8-12-4-1-2-7-17(12)23/h1-7,9-10H,8,11H2,(H,24,29)(H2,25,26,27,28). The van der Waals surface area contributed by atoms with Crippen molar-refractivity contribution in [3.8, 4) is 0 Å². The number of carbonyl (C=O) groups excluding carboxylic acids is 2. The van der Waals surface area contributed by atoms with Gasteiger partial charge in [-0.15, -0.1) is 11.3 Å². The van der Waals surface area contributed by atoms with Crippen LogP contribution in [-0.4, -0.2) is 22.0 Å². The lowest BCUT2D eigenvalue weighted by atomic mass is 10.1. The molecule has 2 aromatic carbocycles. The number of nitrogens with one attached hydrogen (secondary N) is 3. The van der Waals surface area contributed by atoms with E-state index in [1.165, 1.54) is 17.4 Å². The highest BCUT2D eigenvalue weighted by Crippen LogP contribution is 2.30. The molecule has 0 spiro atoms. The molecule has 0 fully saturated rings. The van der Waals surface area contributed by atoms with Gasteiger partial charge in [0.05, 0.1) is 18.2 Å². The number of anilines is 2. The van der Waals surface area contributed by atoms with Gasteiger partial charge in [0.25, 0.3) is 0 Å². The zero-order valence-corrected chi connectivity index (χ0v) is 17.1. The van der Waals surface area contributed by atoms with Crippen LogP contribution < -0.4 is 10.6 Å². The molecule has 2 aromatic heterocycles. The molecule has 0 bridgehead atoms. The van der Waals surface area contributed by atoms with Crippen LogP contribution in [0.5, 0.6) is 0 Å². The van der Waals surface area contributed by atoms with Crippen LogP contribution in [0.4, 0.5) is 15.9 Å². The zero-order chi connectivity index (χ0) is 21.1. The van der Waals surface area contributed by atoms with E-state index in [1.54, 1.807) is 48.5 Å². The minimum absolute atomic E-state index is 0.0910. The van der Waals surface area contributed by atoms with E-state index in [0.29, 0.717) is 32.3 Å². The summed E-state index contributed by atoms with van der Waals surface area (Å²) in [7, 11) is 0. The van der Waals surface area contributed by atoms with E-state index in [2.05, 4.69) is 20.8 Å². The highest BCUT2D eigenvalue weighted by molar-refractivity contribution is 7.18. The SMILES string of the molecule is O=C(Cc1cc2c(NC(=O)Cc3ccccc3F)[nH]nc2s1)Nc1cccc(Cl)c1. The van der Waals surface area contributed by atoms with Crippen LogP contribution in [0, 0.1) is 5.82 Å². The molecule has 0 aliphatic carbocycles. The van der Waals surface area contributed by atoms with Gasteiger partial charge in [0.2, 0.25) is 11.8 Å². The molecule has 0 unspecified atom stereocenters. The number of aromatic nitrogens is 2. The number of hydrogen-bond donors (Lipinski definition) is 3. The number of rotatable bonds is 6. The summed E-state index contributed by atoms with van der Waals surface area (Å²) in [6.45, 7) is 0. The average Bonchev–Trinajstić information content (AvgIpc) is 3.25. The number of carbonyl (C=O) groups is 2. The normalized spacial score (nSPS) is 10.9. The van der Waals surface area contributed by atoms with Crippen molar-refractivity contribution in [1.82, 2.24) is 10.2 Å². The Morgan fingerprint density at radius 2 is 1.83 bits per heavy atom. The fraction of sp³-hybridized carbons (Fsp3) is 0.0952. The van der Waals surface area contributed by atoms with Gasteiger partial charge in [0, 0.05) is 15.6 Å². The molecule has 2 amide bonds. The molecule has 0 aliphatic heterocycles. The first-order chi connectivity index (χ1) is 14.5. The number of aromatic amines is 1. The highest BCUT2D eigenvalue weighted by Gasteiger charge is 2.15. The predicted molar refractivity (Wildman–Crippen MR) is 116 cm³/mol. The molecule has 4 rings (SSSR count). The number of halogens is 2. The first-order valence-electron chi connectivity index (χ1n) is 9.03. The number of fused-ring (bicyclic) bond motifs is 1. The highest BCUT2D eigenvalue weighted by atomic mass is 35.5. The maximum Gasteiger partial charge on any atom is 0.230 e. The lowest BCUT2D eigenvalue weighted by Gasteiger charge is -2.05. The summed E-state index contributed by atoms with van der Waals surface area (Å²) in [4.78, 5) is 26.1. The summed E-state index contributed by atoms with van der Waals surface area (Å²) in [5.74, 6) is -0.553. The third-order valence-electron chi connectivity index (χ3n) is 4.32. The summed E-state index contributed by atoms with van der Waals surface area (Å²) in [6.07, 6.45) is 0.0718. The topological polar surface area (TPSA) is 86.9 Å². The molecule has 3 N–H and O–H groups in total. The van der Waals surface area contributed by atoms with Crippen molar-refractivity contribution in [3.05, 3.63) is 75.9 Å².